The molecule has 1 saturated heterocycles. The highest BCUT2D eigenvalue weighted by Crippen LogP contribution is 2.21. The third-order valence-corrected chi connectivity index (χ3v) is 5.52. The minimum atomic E-state index is -3.12. The molecule has 2 atom stereocenters. The molecule has 0 bridgehead atoms. The number of aliphatic imine (C=N–C) groups is 1. The van der Waals surface area contributed by atoms with E-state index < -0.39 is 10.0 Å². The van der Waals surface area contributed by atoms with Crippen molar-refractivity contribution in [2.75, 3.05) is 26.4 Å². The molecule has 1 rings (SSSR count). The summed E-state index contributed by atoms with van der Waals surface area (Å²) in [4.78, 5) is 4.25. The lowest BCUT2D eigenvalue weighted by atomic mass is 9.89. The molecule has 1 unspecified atom stereocenters. The van der Waals surface area contributed by atoms with Gasteiger partial charge in [0.2, 0.25) is 10.0 Å². The Labute approximate surface area is 142 Å². The molecule has 0 aliphatic carbocycles. The molecule has 0 aromatic heterocycles. The molecule has 1 heterocycles. The van der Waals surface area contributed by atoms with E-state index in [1.165, 1.54) is 6.26 Å². The topological polar surface area (TPSA) is 73.8 Å². The van der Waals surface area contributed by atoms with Gasteiger partial charge in [0.05, 0.1) is 6.26 Å². The molecule has 2 N–H and O–H groups in total. The molecule has 0 aromatic rings. The predicted octanol–water partition coefficient (Wildman–Crippen LogP) is 1.79. The molecule has 0 saturated carbocycles. The van der Waals surface area contributed by atoms with E-state index in [-0.39, 0.29) is 6.04 Å². The van der Waals surface area contributed by atoms with Crippen LogP contribution in [0.4, 0.5) is 0 Å². The van der Waals surface area contributed by atoms with Crippen molar-refractivity contribution in [3.05, 3.63) is 0 Å². The summed E-state index contributed by atoms with van der Waals surface area (Å²) < 4.78 is 25.1. The van der Waals surface area contributed by atoms with E-state index in [1.54, 1.807) is 11.4 Å². The first-order valence-electron chi connectivity index (χ1n) is 8.47. The van der Waals surface area contributed by atoms with E-state index in [1.807, 2.05) is 0 Å². The number of nitrogens with zero attached hydrogens (tertiary/aromatic N) is 2. The molecule has 1 aliphatic rings. The summed E-state index contributed by atoms with van der Waals surface area (Å²) in [6, 6.07) is 0.350. The van der Waals surface area contributed by atoms with Gasteiger partial charge in [-0.25, -0.2) is 8.42 Å². The van der Waals surface area contributed by atoms with Gasteiger partial charge < -0.3 is 10.6 Å². The third-order valence-electron chi connectivity index (χ3n) is 4.19. The van der Waals surface area contributed by atoms with Crippen LogP contribution < -0.4 is 10.6 Å². The van der Waals surface area contributed by atoms with E-state index in [0.29, 0.717) is 24.5 Å². The zero-order valence-electron chi connectivity index (χ0n) is 15.5. The first-order valence-corrected chi connectivity index (χ1v) is 10.3. The quantitative estimate of drug-likeness (QED) is 0.568. The minimum Gasteiger partial charge on any atom is -0.355 e. The second-order valence-corrected chi connectivity index (χ2v) is 9.70. The summed E-state index contributed by atoms with van der Waals surface area (Å²) in [6.45, 7) is 10.1. The lowest BCUT2D eigenvalue weighted by molar-refractivity contribution is 0.345. The van der Waals surface area contributed by atoms with Crippen LogP contribution in [0.1, 0.15) is 53.4 Å². The van der Waals surface area contributed by atoms with Crippen LogP contribution in [0.5, 0.6) is 0 Å². The maximum Gasteiger partial charge on any atom is 0.211 e. The van der Waals surface area contributed by atoms with Crippen molar-refractivity contribution in [3.63, 3.8) is 0 Å². The van der Waals surface area contributed by atoms with Crippen molar-refractivity contribution in [1.29, 1.82) is 0 Å². The molecule has 1 aliphatic heterocycles. The van der Waals surface area contributed by atoms with Gasteiger partial charge in [0.1, 0.15) is 0 Å². The van der Waals surface area contributed by atoms with Crippen molar-refractivity contribution in [2.45, 2.75) is 65.5 Å². The summed E-state index contributed by atoms with van der Waals surface area (Å²) in [7, 11) is -1.38. The van der Waals surface area contributed by atoms with Gasteiger partial charge in [-0.15, -0.1) is 0 Å². The highest BCUT2D eigenvalue weighted by molar-refractivity contribution is 7.88. The molecule has 23 heavy (non-hydrogen) atoms. The molecule has 0 amide bonds. The highest BCUT2D eigenvalue weighted by atomic mass is 32.2. The van der Waals surface area contributed by atoms with Gasteiger partial charge in [-0.3, -0.25) is 4.99 Å². The maximum atomic E-state index is 11.8. The SMILES string of the molecule is CN=C(NC[C@H]1CCCN1S(C)(=O)=O)NC(C)CCC(C)(C)C. The molecule has 1 fully saturated rings. The normalized spacial score (nSPS) is 22.2. The van der Waals surface area contributed by atoms with E-state index in [9.17, 15) is 8.42 Å². The van der Waals surface area contributed by atoms with E-state index in [0.717, 1.165) is 31.6 Å². The summed E-state index contributed by atoms with van der Waals surface area (Å²) in [5.74, 6) is 0.742. The van der Waals surface area contributed by atoms with Gasteiger partial charge in [0, 0.05) is 32.2 Å². The van der Waals surface area contributed by atoms with Gasteiger partial charge >= 0.3 is 0 Å². The number of hydrogen-bond donors (Lipinski definition) is 2. The Morgan fingerprint density at radius 2 is 2.04 bits per heavy atom. The average Bonchev–Trinajstić information content (AvgIpc) is 2.88. The highest BCUT2D eigenvalue weighted by Gasteiger charge is 2.31. The monoisotopic (exact) mass is 346 g/mol. The van der Waals surface area contributed by atoms with Crippen LogP contribution in [0.15, 0.2) is 4.99 Å². The summed E-state index contributed by atoms with van der Waals surface area (Å²) in [6.07, 6.45) is 5.32. The number of sulfonamides is 1. The number of nitrogens with one attached hydrogen (secondary N) is 2. The van der Waals surface area contributed by atoms with Crippen LogP contribution in [0.25, 0.3) is 0 Å². The first kappa shape index (κ1) is 20.2. The smallest absolute Gasteiger partial charge is 0.211 e. The van der Waals surface area contributed by atoms with Crippen LogP contribution >= 0.6 is 0 Å². The van der Waals surface area contributed by atoms with E-state index in [2.05, 4.69) is 43.3 Å². The summed E-state index contributed by atoms with van der Waals surface area (Å²) in [5, 5.41) is 6.66. The Morgan fingerprint density at radius 3 is 2.57 bits per heavy atom. The molecule has 136 valence electrons. The Bertz CT molecular complexity index is 497. The molecule has 7 heteroatoms. The van der Waals surface area contributed by atoms with Gasteiger partial charge in [0.25, 0.3) is 0 Å². The van der Waals surface area contributed by atoms with Gasteiger partial charge in [-0.2, -0.15) is 4.31 Å². The predicted molar refractivity (Wildman–Crippen MR) is 97.2 cm³/mol. The average molecular weight is 347 g/mol. The van der Waals surface area contributed by atoms with Gasteiger partial charge in [-0.05, 0) is 38.0 Å². The Hall–Kier alpha value is -0.820. The molecular formula is C16H34N4O2S. The van der Waals surface area contributed by atoms with Crippen molar-refractivity contribution < 1.29 is 8.42 Å². The van der Waals surface area contributed by atoms with Crippen molar-refractivity contribution in [1.82, 2.24) is 14.9 Å². The molecule has 0 radical (unpaired) electrons. The molecule has 6 nitrogen and oxygen atoms in total. The minimum absolute atomic E-state index is 0.0217. The fourth-order valence-corrected chi connectivity index (χ4v) is 4.00. The number of rotatable bonds is 6. The zero-order chi connectivity index (χ0) is 17.7. The zero-order valence-corrected chi connectivity index (χ0v) is 16.3. The van der Waals surface area contributed by atoms with Crippen LogP contribution in [-0.4, -0.2) is 57.2 Å². The second-order valence-electron chi connectivity index (χ2n) is 7.77. The lowest BCUT2D eigenvalue weighted by Gasteiger charge is -2.25. The van der Waals surface area contributed by atoms with Crippen LogP contribution in [0.3, 0.4) is 0 Å². The number of hydrogen-bond acceptors (Lipinski definition) is 3. The Balaban J connectivity index is 2.45. The van der Waals surface area contributed by atoms with Crippen molar-refractivity contribution >= 4 is 16.0 Å². The summed E-state index contributed by atoms with van der Waals surface area (Å²) in [5.41, 5.74) is 0.326. The Morgan fingerprint density at radius 1 is 1.39 bits per heavy atom. The number of guanidine groups is 1. The van der Waals surface area contributed by atoms with Crippen molar-refractivity contribution in [3.8, 4) is 0 Å². The molecular weight excluding hydrogens is 312 g/mol. The van der Waals surface area contributed by atoms with Crippen molar-refractivity contribution in [2.24, 2.45) is 10.4 Å². The largest absolute Gasteiger partial charge is 0.355 e. The van der Waals surface area contributed by atoms with Crippen LogP contribution in [0, 0.1) is 5.41 Å². The molecule has 0 aromatic carbocycles. The van der Waals surface area contributed by atoms with E-state index >= 15 is 0 Å². The third kappa shape index (κ3) is 7.52. The van der Waals surface area contributed by atoms with Gasteiger partial charge in [-0.1, -0.05) is 20.8 Å². The summed E-state index contributed by atoms with van der Waals surface area (Å²) >= 11 is 0. The first-order chi connectivity index (χ1) is 10.5. The van der Waals surface area contributed by atoms with Gasteiger partial charge in [0.15, 0.2) is 5.96 Å². The standard InChI is InChI=1S/C16H34N4O2S/c1-13(9-10-16(2,3)4)19-15(17-5)18-12-14-8-7-11-20(14)23(6,21)22/h13-14H,7-12H2,1-6H3,(H2,17,18,19)/t13?,14-/m1/s1. The molecule has 0 spiro atoms. The maximum absolute atomic E-state index is 11.8. The fraction of sp³-hybridized carbons (Fsp3) is 0.938. The second kappa shape index (κ2) is 8.33. The Kier molecular flexibility index (Phi) is 7.32. The fourth-order valence-electron chi connectivity index (χ4n) is 2.81. The van der Waals surface area contributed by atoms with Crippen LogP contribution in [0.2, 0.25) is 0 Å². The lowest BCUT2D eigenvalue weighted by Crippen LogP contribution is -2.48. The van der Waals surface area contributed by atoms with Crippen LogP contribution in [-0.2, 0) is 10.0 Å². The van der Waals surface area contributed by atoms with E-state index in [4.69, 9.17) is 0 Å².